The van der Waals surface area contributed by atoms with Crippen molar-refractivity contribution in [3.05, 3.63) is 262 Å². The van der Waals surface area contributed by atoms with Gasteiger partial charge in [-0.1, -0.05) is 252 Å². The van der Waals surface area contributed by atoms with Crippen LogP contribution in [0, 0.1) is 51.4 Å². The molecule has 0 N–H and O–H groups in total. The summed E-state index contributed by atoms with van der Waals surface area (Å²) in [5.41, 5.74) is 13.5. The highest BCUT2D eigenvalue weighted by molar-refractivity contribution is 5.69. The van der Waals surface area contributed by atoms with E-state index in [1.54, 1.807) is 12.1 Å². The summed E-state index contributed by atoms with van der Waals surface area (Å²) in [6, 6.07) is 66.4. The zero-order chi connectivity index (χ0) is 61.0. The molecule has 0 spiro atoms. The standard InChI is InChI=1S/2C16H17F.3C11H13N.C10H13F/c1-16(2,3)15-10-9-13(17)11-14(15)12-7-5-4-6-8-12;1-16(2,3)13-9-10-15(17)14(11-13)12-7-5-4-6-8-12;1-11(2,3)10-6-4-9(8-12)5-7-10;1-11(2,3)10-6-4-5-9(7-10)8-12;1-11(2,3)10-7-5-4-6-9(10)8-12;1-10(2,3)8-4-6-9(11)7-5-8/h2*4-11H,1-3H3;3*4-7H,1-3H3;4-7H,1-3H3. The maximum absolute atomic E-state index is 13.8. The van der Waals surface area contributed by atoms with Crippen molar-refractivity contribution >= 4 is 0 Å². The molecule has 0 aliphatic rings. The summed E-state index contributed by atoms with van der Waals surface area (Å²) in [4.78, 5) is 0. The third kappa shape index (κ3) is 22.6. The van der Waals surface area contributed by atoms with E-state index in [0.717, 1.165) is 44.5 Å². The topological polar surface area (TPSA) is 71.4 Å². The highest BCUT2D eigenvalue weighted by atomic mass is 19.1. The summed E-state index contributed by atoms with van der Waals surface area (Å²) in [6.07, 6.45) is 0. The molecule has 0 unspecified atom stereocenters. The first-order valence-corrected chi connectivity index (χ1v) is 27.6. The molecule has 3 nitrogen and oxygen atoms in total. The Hall–Kier alpha value is -7.98. The van der Waals surface area contributed by atoms with Crippen LogP contribution in [0.25, 0.3) is 22.3 Å². The summed E-state index contributed by atoms with van der Waals surface area (Å²) < 4.78 is 39.7. The molecule has 8 rings (SSSR count). The fourth-order valence-corrected chi connectivity index (χ4v) is 8.14. The molecule has 422 valence electrons. The Balaban J connectivity index is 0.000000258. The van der Waals surface area contributed by atoms with E-state index in [-0.39, 0.29) is 49.9 Å². The maximum Gasteiger partial charge on any atom is 0.131 e. The van der Waals surface area contributed by atoms with Crippen LogP contribution in [0.4, 0.5) is 13.2 Å². The van der Waals surface area contributed by atoms with Gasteiger partial charge in [-0.2, -0.15) is 15.8 Å². The number of nitriles is 3. The Morgan fingerprint density at radius 1 is 0.284 bits per heavy atom. The molecular weight excluding hydrogens is 1000 g/mol. The van der Waals surface area contributed by atoms with E-state index in [2.05, 4.69) is 149 Å². The summed E-state index contributed by atoms with van der Waals surface area (Å²) >= 11 is 0. The van der Waals surface area contributed by atoms with Gasteiger partial charge in [0.25, 0.3) is 0 Å². The summed E-state index contributed by atoms with van der Waals surface area (Å²) in [7, 11) is 0. The Kier molecular flexibility index (Phi) is 24.5. The van der Waals surface area contributed by atoms with Crippen molar-refractivity contribution in [1.29, 1.82) is 15.8 Å². The number of hydrogen-bond acceptors (Lipinski definition) is 3. The number of hydrogen-bond donors (Lipinski definition) is 0. The van der Waals surface area contributed by atoms with Crippen molar-refractivity contribution in [3.8, 4) is 40.5 Å². The highest BCUT2D eigenvalue weighted by Crippen LogP contribution is 2.34. The molecule has 0 aromatic heterocycles. The zero-order valence-corrected chi connectivity index (χ0v) is 51.5. The molecule has 81 heavy (non-hydrogen) atoms. The first-order chi connectivity index (χ1) is 37.6. The van der Waals surface area contributed by atoms with Crippen molar-refractivity contribution in [1.82, 2.24) is 0 Å². The number of nitrogens with zero attached hydrogens (tertiary/aromatic N) is 3. The van der Waals surface area contributed by atoms with Gasteiger partial charge in [0.15, 0.2) is 0 Å². The van der Waals surface area contributed by atoms with Crippen LogP contribution in [-0.2, 0) is 32.5 Å². The summed E-state index contributed by atoms with van der Waals surface area (Å²) in [5, 5.41) is 26.1. The van der Waals surface area contributed by atoms with Gasteiger partial charge >= 0.3 is 0 Å². The van der Waals surface area contributed by atoms with Crippen molar-refractivity contribution in [2.24, 2.45) is 0 Å². The van der Waals surface area contributed by atoms with E-state index < -0.39 is 0 Å². The van der Waals surface area contributed by atoms with Gasteiger partial charge in [-0.05, 0) is 149 Å². The predicted octanol–water partition coefficient (Wildman–Crippen LogP) is 21.3. The molecule has 0 aliphatic heterocycles. The van der Waals surface area contributed by atoms with Gasteiger partial charge in [0, 0.05) is 5.56 Å². The predicted molar refractivity (Wildman–Crippen MR) is 336 cm³/mol. The van der Waals surface area contributed by atoms with Gasteiger partial charge in [0.1, 0.15) is 17.5 Å². The molecule has 0 bridgehead atoms. The van der Waals surface area contributed by atoms with Crippen LogP contribution in [-0.4, -0.2) is 0 Å². The molecule has 0 radical (unpaired) electrons. The number of benzene rings is 8. The Bertz CT molecular complexity index is 3330. The van der Waals surface area contributed by atoms with Crippen LogP contribution in [0.2, 0.25) is 0 Å². The third-order valence-corrected chi connectivity index (χ3v) is 13.1. The highest BCUT2D eigenvalue weighted by Gasteiger charge is 2.21. The Labute approximate surface area is 485 Å². The van der Waals surface area contributed by atoms with Crippen molar-refractivity contribution in [3.63, 3.8) is 0 Å². The van der Waals surface area contributed by atoms with Gasteiger partial charge < -0.3 is 0 Å². The van der Waals surface area contributed by atoms with E-state index >= 15 is 0 Å². The van der Waals surface area contributed by atoms with Crippen molar-refractivity contribution < 1.29 is 13.2 Å². The fraction of sp³-hybridized carbons (Fsp3) is 0.320. The van der Waals surface area contributed by atoms with Gasteiger partial charge in [0.2, 0.25) is 0 Å². The normalized spacial score (nSPS) is 11.2. The summed E-state index contributed by atoms with van der Waals surface area (Å²) in [5.74, 6) is -0.515. The molecule has 8 aromatic rings. The minimum absolute atomic E-state index is 0.0128. The van der Waals surface area contributed by atoms with Gasteiger partial charge in [-0.15, -0.1) is 0 Å². The number of halogens is 3. The molecule has 6 heteroatoms. The first-order valence-electron chi connectivity index (χ1n) is 27.6. The Morgan fingerprint density at radius 3 is 1.12 bits per heavy atom. The average Bonchev–Trinajstić information content (AvgIpc) is 3.41. The third-order valence-electron chi connectivity index (χ3n) is 13.1. The molecule has 0 saturated carbocycles. The van der Waals surface area contributed by atoms with E-state index in [0.29, 0.717) is 5.56 Å². The molecule has 8 aromatic carbocycles. The van der Waals surface area contributed by atoms with Crippen LogP contribution in [0.3, 0.4) is 0 Å². The van der Waals surface area contributed by atoms with Gasteiger partial charge in [0.05, 0.1) is 34.9 Å². The van der Waals surface area contributed by atoms with Crippen LogP contribution in [0.15, 0.2) is 194 Å². The maximum atomic E-state index is 13.8. The first kappa shape index (κ1) is 67.3. The lowest BCUT2D eigenvalue weighted by molar-refractivity contribution is 0.582. The van der Waals surface area contributed by atoms with Crippen molar-refractivity contribution in [2.45, 2.75) is 157 Å². The largest absolute Gasteiger partial charge is 0.207 e. The molecule has 0 fully saturated rings. The quantitative estimate of drug-likeness (QED) is 0.173. The SMILES string of the molecule is CC(C)(C)c1ccc(C#N)cc1.CC(C)(C)c1ccc(F)c(-c2ccccc2)c1.CC(C)(C)c1ccc(F)cc1.CC(C)(C)c1ccc(F)cc1-c1ccccc1.CC(C)(C)c1cccc(C#N)c1.CC(C)(C)c1ccccc1C#N. The monoisotopic (exact) mass is 1090 g/mol. The van der Waals surface area contributed by atoms with Gasteiger partial charge in [-0.3, -0.25) is 0 Å². The average molecular weight is 1090 g/mol. The van der Waals surface area contributed by atoms with Crippen LogP contribution in [0.5, 0.6) is 0 Å². The molecule has 0 heterocycles. The molecule has 0 saturated heterocycles. The van der Waals surface area contributed by atoms with Gasteiger partial charge in [-0.25, -0.2) is 13.2 Å². The lowest BCUT2D eigenvalue weighted by Crippen LogP contribution is -2.12. The minimum atomic E-state index is -0.183. The molecule has 0 atom stereocenters. The lowest BCUT2D eigenvalue weighted by atomic mass is 9.82. The molecule has 0 aliphatic carbocycles. The van der Waals surface area contributed by atoms with E-state index in [9.17, 15) is 13.2 Å². The van der Waals surface area contributed by atoms with E-state index in [4.69, 9.17) is 15.8 Å². The fourth-order valence-electron chi connectivity index (χ4n) is 8.14. The molecule has 0 amide bonds. The van der Waals surface area contributed by atoms with Crippen molar-refractivity contribution in [2.75, 3.05) is 0 Å². The smallest absolute Gasteiger partial charge is 0.131 e. The van der Waals surface area contributed by atoms with Crippen LogP contribution < -0.4 is 0 Å². The Morgan fingerprint density at radius 2 is 0.691 bits per heavy atom. The zero-order valence-electron chi connectivity index (χ0n) is 51.5. The molecular formula is C75H86F3N3. The van der Waals surface area contributed by atoms with Crippen LogP contribution in [0.1, 0.15) is 175 Å². The second-order valence-electron chi connectivity index (χ2n) is 26.2. The number of rotatable bonds is 2. The van der Waals surface area contributed by atoms with E-state index in [1.165, 1.54) is 40.5 Å². The second-order valence-corrected chi connectivity index (χ2v) is 26.2. The lowest BCUT2D eigenvalue weighted by Gasteiger charge is -2.23. The summed E-state index contributed by atoms with van der Waals surface area (Å²) in [6.45, 7) is 38.4. The second kappa shape index (κ2) is 29.5. The van der Waals surface area contributed by atoms with E-state index in [1.807, 2.05) is 158 Å². The van der Waals surface area contributed by atoms with Crippen LogP contribution >= 0.6 is 0 Å². The minimum Gasteiger partial charge on any atom is -0.207 e.